The topological polar surface area (TPSA) is 37.3 Å². The van der Waals surface area contributed by atoms with E-state index in [9.17, 15) is 4.79 Å². The molecule has 0 rings (SSSR count). The Bertz CT molecular complexity index is 164. The van der Waals surface area contributed by atoms with Crippen molar-refractivity contribution >= 4 is 5.97 Å². The van der Waals surface area contributed by atoms with Crippen molar-refractivity contribution in [3.05, 3.63) is 12.7 Å². The highest BCUT2D eigenvalue weighted by atomic mass is 16.4. The van der Waals surface area contributed by atoms with Crippen molar-refractivity contribution in [1.29, 1.82) is 0 Å². The molecule has 88 valence electrons. The normalized spacial score (nSPS) is 10.1. The summed E-state index contributed by atoms with van der Waals surface area (Å²) in [4.78, 5) is 10.2. The van der Waals surface area contributed by atoms with E-state index in [4.69, 9.17) is 5.11 Å². The van der Waals surface area contributed by atoms with Crippen LogP contribution in [0.4, 0.5) is 0 Å². The first-order valence-electron chi connectivity index (χ1n) is 6.10. The van der Waals surface area contributed by atoms with E-state index < -0.39 is 5.97 Å². The number of carbonyl (C=O) groups is 1. The largest absolute Gasteiger partial charge is 0.481 e. The second-order valence-corrected chi connectivity index (χ2v) is 4.05. The number of allylic oxidation sites excluding steroid dienone is 1. The Hall–Kier alpha value is -0.790. The Balaban J connectivity index is 2.92. The molecular weight excluding hydrogens is 188 g/mol. The van der Waals surface area contributed by atoms with Gasteiger partial charge in [0.1, 0.15) is 0 Å². The molecule has 0 unspecified atom stereocenters. The van der Waals surface area contributed by atoms with Crippen LogP contribution in [-0.4, -0.2) is 11.1 Å². The molecule has 0 amide bonds. The fourth-order valence-electron chi connectivity index (χ4n) is 1.63. The van der Waals surface area contributed by atoms with Crippen molar-refractivity contribution in [2.45, 2.75) is 64.2 Å². The lowest BCUT2D eigenvalue weighted by Crippen LogP contribution is -1.93. The van der Waals surface area contributed by atoms with Gasteiger partial charge < -0.3 is 5.11 Å². The first-order valence-corrected chi connectivity index (χ1v) is 6.10. The molecule has 0 saturated carbocycles. The molecule has 2 heteroatoms. The second-order valence-electron chi connectivity index (χ2n) is 4.05. The van der Waals surface area contributed by atoms with Gasteiger partial charge in [0.25, 0.3) is 0 Å². The fourth-order valence-corrected chi connectivity index (χ4v) is 1.63. The number of unbranched alkanes of at least 4 members (excludes halogenated alkanes) is 8. The summed E-state index contributed by atoms with van der Waals surface area (Å²) in [5.74, 6) is -0.667. The molecule has 0 spiro atoms. The van der Waals surface area contributed by atoms with Crippen LogP contribution in [-0.2, 0) is 4.79 Å². The fraction of sp³-hybridized carbons (Fsp3) is 0.769. The van der Waals surface area contributed by atoms with Gasteiger partial charge in [-0.05, 0) is 19.3 Å². The molecule has 0 aromatic carbocycles. The third-order valence-electron chi connectivity index (χ3n) is 2.55. The van der Waals surface area contributed by atoms with Gasteiger partial charge in [-0.1, -0.05) is 44.6 Å². The monoisotopic (exact) mass is 212 g/mol. The van der Waals surface area contributed by atoms with Crippen LogP contribution in [0.1, 0.15) is 64.2 Å². The smallest absolute Gasteiger partial charge is 0.303 e. The van der Waals surface area contributed by atoms with Crippen molar-refractivity contribution < 1.29 is 9.90 Å². The number of rotatable bonds is 11. The van der Waals surface area contributed by atoms with Gasteiger partial charge in [-0.25, -0.2) is 0 Å². The summed E-state index contributed by atoms with van der Waals surface area (Å²) >= 11 is 0. The summed E-state index contributed by atoms with van der Waals surface area (Å²) in [6.45, 7) is 3.69. The molecule has 0 fully saturated rings. The zero-order chi connectivity index (χ0) is 11.4. The van der Waals surface area contributed by atoms with Gasteiger partial charge >= 0.3 is 5.97 Å². The van der Waals surface area contributed by atoms with Crippen LogP contribution in [0.25, 0.3) is 0 Å². The second kappa shape index (κ2) is 11.3. The predicted octanol–water partition coefficient (Wildman–Crippen LogP) is 4.16. The minimum atomic E-state index is -0.667. The third-order valence-corrected chi connectivity index (χ3v) is 2.55. The van der Waals surface area contributed by atoms with Crippen LogP contribution in [0.2, 0.25) is 0 Å². The van der Waals surface area contributed by atoms with Crippen LogP contribution in [0.3, 0.4) is 0 Å². The van der Waals surface area contributed by atoms with Crippen LogP contribution < -0.4 is 0 Å². The van der Waals surface area contributed by atoms with E-state index in [0.29, 0.717) is 6.42 Å². The summed E-state index contributed by atoms with van der Waals surface area (Å²) < 4.78 is 0. The highest BCUT2D eigenvalue weighted by Crippen LogP contribution is 2.10. The van der Waals surface area contributed by atoms with E-state index in [1.165, 1.54) is 38.5 Å². The van der Waals surface area contributed by atoms with Gasteiger partial charge in [0, 0.05) is 6.42 Å². The van der Waals surface area contributed by atoms with E-state index in [0.717, 1.165) is 19.3 Å². The molecule has 0 aromatic rings. The number of aliphatic carboxylic acids is 1. The van der Waals surface area contributed by atoms with Crippen molar-refractivity contribution in [2.75, 3.05) is 0 Å². The Morgan fingerprint density at radius 2 is 1.40 bits per heavy atom. The molecule has 1 N–H and O–H groups in total. The lowest BCUT2D eigenvalue weighted by Gasteiger charge is -2.00. The van der Waals surface area contributed by atoms with Crippen LogP contribution >= 0.6 is 0 Å². The highest BCUT2D eigenvalue weighted by Gasteiger charge is 1.96. The molecule has 0 atom stereocenters. The van der Waals surface area contributed by atoms with E-state index in [-0.39, 0.29) is 0 Å². The van der Waals surface area contributed by atoms with E-state index >= 15 is 0 Å². The van der Waals surface area contributed by atoms with E-state index in [1.54, 1.807) is 0 Å². The average molecular weight is 212 g/mol. The number of hydrogen-bond donors (Lipinski definition) is 1. The summed E-state index contributed by atoms with van der Waals surface area (Å²) in [6.07, 6.45) is 13.0. The van der Waals surface area contributed by atoms with Crippen LogP contribution in [0.15, 0.2) is 12.7 Å². The van der Waals surface area contributed by atoms with Crippen molar-refractivity contribution in [3.8, 4) is 0 Å². The molecule has 2 nitrogen and oxygen atoms in total. The molecule has 0 heterocycles. The molecule has 0 aliphatic rings. The summed E-state index contributed by atoms with van der Waals surface area (Å²) in [7, 11) is 0. The summed E-state index contributed by atoms with van der Waals surface area (Å²) in [5.41, 5.74) is 0. The minimum Gasteiger partial charge on any atom is -0.481 e. The Morgan fingerprint density at radius 3 is 1.87 bits per heavy atom. The van der Waals surface area contributed by atoms with Gasteiger partial charge in [-0.3, -0.25) is 4.79 Å². The third kappa shape index (κ3) is 13.2. The molecule has 0 aliphatic carbocycles. The maximum atomic E-state index is 10.2. The average Bonchev–Trinajstić information content (AvgIpc) is 2.20. The SMILES string of the molecule is C=CCCCCCCCCCCC(=O)O. The first kappa shape index (κ1) is 14.2. The Morgan fingerprint density at radius 1 is 0.933 bits per heavy atom. The summed E-state index contributed by atoms with van der Waals surface area (Å²) in [5, 5.41) is 8.43. The molecule has 0 radical (unpaired) electrons. The Kier molecular flexibility index (Phi) is 10.7. The lowest BCUT2D eigenvalue weighted by atomic mass is 10.1. The number of hydrogen-bond acceptors (Lipinski definition) is 1. The van der Waals surface area contributed by atoms with Gasteiger partial charge in [-0.2, -0.15) is 0 Å². The molecule has 0 aromatic heterocycles. The van der Waals surface area contributed by atoms with Gasteiger partial charge in [0.2, 0.25) is 0 Å². The zero-order valence-corrected chi connectivity index (χ0v) is 9.71. The molecular formula is C13H24O2. The molecule has 0 bridgehead atoms. The maximum Gasteiger partial charge on any atom is 0.303 e. The minimum absolute atomic E-state index is 0.333. The van der Waals surface area contributed by atoms with Crippen LogP contribution in [0.5, 0.6) is 0 Å². The standard InChI is InChI=1S/C13H24O2/c1-2-3-4-5-6-7-8-9-10-11-12-13(14)15/h2H,1,3-12H2,(H,14,15). The Labute approximate surface area is 93.4 Å². The van der Waals surface area contributed by atoms with Crippen molar-refractivity contribution in [3.63, 3.8) is 0 Å². The van der Waals surface area contributed by atoms with Crippen molar-refractivity contribution in [2.24, 2.45) is 0 Å². The molecule has 0 aliphatic heterocycles. The quantitative estimate of drug-likeness (QED) is 0.412. The van der Waals surface area contributed by atoms with Gasteiger partial charge in [-0.15, -0.1) is 6.58 Å². The van der Waals surface area contributed by atoms with Crippen LogP contribution in [0, 0.1) is 0 Å². The maximum absolute atomic E-state index is 10.2. The zero-order valence-electron chi connectivity index (χ0n) is 9.71. The molecule has 15 heavy (non-hydrogen) atoms. The first-order chi connectivity index (χ1) is 7.27. The molecule has 0 saturated heterocycles. The highest BCUT2D eigenvalue weighted by molar-refractivity contribution is 5.66. The number of carboxylic acid groups (broad SMARTS) is 1. The van der Waals surface area contributed by atoms with Gasteiger partial charge in [0.05, 0.1) is 0 Å². The van der Waals surface area contributed by atoms with Crippen molar-refractivity contribution in [1.82, 2.24) is 0 Å². The van der Waals surface area contributed by atoms with Gasteiger partial charge in [0.15, 0.2) is 0 Å². The summed E-state index contributed by atoms with van der Waals surface area (Å²) in [6, 6.07) is 0. The van der Waals surface area contributed by atoms with E-state index in [2.05, 4.69) is 6.58 Å². The predicted molar refractivity (Wildman–Crippen MR) is 64.0 cm³/mol. The van der Waals surface area contributed by atoms with E-state index in [1.807, 2.05) is 6.08 Å². The lowest BCUT2D eigenvalue weighted by molar-refractivity contribution is -0.137. The number of carboxylic acids is 1.